The fraction of sp³-hybridized carbons (Fsp3) is 0.481. The number of hydrogen-bond donors (Lipinski definition) is 0. The van der Waals surface area contributed by atoms with Gasteiger partial charge < -0.3 is 0 Å². The Morgan fingerprint density at radius 3 is 1.71 bits per heavy atom. The van der Waals surface area contributed by atoms with Crippen molar-refractivity contribution in [1.29, 1.82) is 0 Å². The molecule has 0 heterocycles. The van der Waals surface area contributed by atoms with E-state index < -0.39 is 0 Å². The van der Waals surface area contributed by atoms with Gasteiger partial charge in [0.1, 0.15) is 5.83 Å². The summed E-state index contributed by atoms with van der Waals surface area (Å²) in [5, 5.41) is 0. The smallest absolute Gasteiger partial charge is 0.126 e. The molecule has 0 fully saturated rings. The van der Waals surface area contributed by atoms with E-state index in [2.05, 4.69) is 50.2 Å². The molecule has 0 aromatic heterocycles. The first-order valence-electron chi connectivity index (χ1n) is 11.3. The van der Waals surface area contributed by atoms with E-state index in [1.807, 2.05) is 12.1 Å². The van der Waals surface area contributed by atoms with Crippen LogP contribution in [-0.4, -0.2) is 0 Å². The summed E-state index contributed by atoms with van der Waals surface area (Å²) in [5.74, 6) is -0.102. The fourth-order valence-electron chi connectivity index (χ4n) is 3.49. The Kier molecular flexibility index (Phi) is 10.7. The lowest BCUT2D eigenvalue weighted by molar-refractivity contribution is 0.607. The van der Waals surface area contributed by atoms with Crippen molar-refractivity contribution in [2.24, 2.45) is 0 Å². The van der Waals surface area contributed by atoms with Crippen LogP contribution in [0.15, 0.2) is 54.6 Å². The van der Waals surface area contributed by atoms with Crippen LogP contribution in [-0.2, 0) is 19.3 Å². The van der Waals surface area contributed by atoms with Gasteiger partial charge in [0, 0.05) is 5.56 Å². The number of hydrogen-bond acceptors (Lipinski definition) is 0. The molecule has 0 N–H and O–H groups in total. The number of allylic oxidation sites excluding steroid dienone is 1. The summed E-state index contributed by atoms with van der Waals surface area (Å²) >= 11 is 0. The Labute approximate surface area is 171 Å². The molecule has 2 aromatic carbocycles. The maximum absolute atomic E-state index is 14.0. The number of rotatable bonds is 13. The highest BCUT2D eigenvalue weighted by atomic mass is 19.1. The van der Waals surface area contributed by atoms with Gasteiger partial charge in [0.05, 0.1) is 0 Å². The van der Waals surface area contributed by atoms with E-state index in [-0.39, 0.29) is 5.83 Å². The maximum atomic E-state index is 14.0. The minimum atomic E-state index is -0.102. The highest BCUT2D eigenvalue weighted by molar-refractivity contribution is 5.59. The quantitative estimate of drug-likeness (QED) is 0.306. The van der Waals surface area contributed by atoms with Crippen molar-refractivity contribution in [3.63, 3.8) is 0 Å². The van der Waals surface area contributed by atoms with E-state index in [0.717, 1.165) is 25.7 Å². The van der Waals surface area contributed by atoms with Crippen molar-refractivity contribution < 1.29 is 4.39 Å². The zero-order valence-corrected chi connectivity index (χ0v) is 17.9. The molecular weight excluding hydrogens is 343 g/mol. The van der Waals surface area contributed by atoms with Crippen LogP contribution in [0.25, 0.3) is 5.83 Å². The third kappa shape index (κ3) is 8.42. The molecule has 1 heteroatoms. The molecule has 0 unspecified atom stereocenters. The van der Waals surface area contributed by atoms with Crippen molar-refractivity contribution in [2.75, 3.05) is 0 Å². The van der Waals surface area contributed by atoms with E-state index in [4.69, 9.17) is 0 Å². The van der Waals surface area contributed by atoms with Gasteiger partial charge in [-0.05, 0) is 54.9 Å². The third-order valence-corrected chi connectivity index (χ3v) is 5.39. The maximum Gasteiger partial charge on any atom is 0.126 e. The van der Waals surface area contributed by atoms with E-state index in [9.17, 15) is 4.39 Å². The second-order valence-corrected chi connectivity index (χ2v) is 7.87. The normalized spacial score (nSPS) is 11.8. The average molecular weight is 381 g/mol. The van der Waals surface area contributed by atoms with Crippen LogP contribution >= 0.6 is 0 Å². The van der Waals surface area contributed by atoms with Gasteiger partial charge >= 0.3 is 0 Å². The monoisotopic (exact) mass is 380 g/mol. The van der Waals surface area contributed by atoms with E-state index in [1.54, 1.807) is 6.08 Å². The lowest BCUT2D eigenvalue weighted by atomic mass is 10.00. The van der Waals surface area contributed by atoms with Crippen LogP contribution in [0.4, 0.5) is 4.39 Å². The SMILES string of the molecule is CCC/C=C(/F)c1ccc(CCc2ccc(CCCCCCCC)cc2)cc1. The van der Waals surface area contributed by atoms with Gasteiger partial charge in [0.15, 0.2) is 0 Å². The van der Waals surface area contributed by atoms with Crippen LogP contribution in [0.2, 0.25) is 0 Å². The molecular formula is C27H37F. The Hall–Kier alpha value is -1.89. The fourth-order valence-corrected chi connectivity index (χ4v) is 3.49. The van der Waals surface area contributed by atoms with Crippen LogP contribution in [0.5, 0.6) is 0 Å². The Bertz CT molecular complexity index is 679. The molecule has 152 valence electrons. The van der Waals surface area contributed by atoms with E-state index in [1.165, 1.54) is 61.6 Å². The lowest BCUT2D eigenvalue weighted by Gasteiger charge is -2.06. The molecule has 2 aromatic rings. The van der Waals surface area contributed by atoms with Crippen molar-refractivity contribution in [2.45, 2.75) is 84.5 Å². The topological polar surface area (TPSA) is 0 Å². The molecule has 0 atom stereocenters. The summed E-state index contributed by atoms with van der Waals surface area (Å²) in [6.07, 6.45) is 14.8. The van der Waals surface area contributed by atoms with Crippen LogP contribution < -0.4 is 0 Å². The predicted octanol–water partition coefficient (Wildman–Crippen LogP) is 8.49. The Balaban J connectivity index is 1.74. The predicted molar refractivity (Wildman–Crippen MR) is 121 cm³/mol. The van der Waals surface area contributed by atoms with E-state index in [0.29, 0.717) is 5.56 Å². The molecule has 28 heavy (non-hydrogen) atoms. The molecule has 0 nitrogen and oxygen atoms in total. The van der Waals surface area contributed by atoms with Crippen LogP contribution in [0.3, 0.4) is 0 Å². The zero-order valence-electron chi connectivity index (χ0n) is 17.9. The van der Waals surface area contributed by atoms with Crippen molar-refractivity contribution >= 4 is 5.83 Å². The second-order valence-electron chi connectivity index (χ2n) is 7.87. The minimum Gasteiger partial charge on any atom is -0.207 e. The first kappa shape index (κ1) is 22.4. The summed E-state index contributed by atoms with van der Waals surface area (Å²) < 4.78 is 14.0. The van der Waals surface area contributed by atoms with Gasteiger partial charge in [0.2, 0.25) is 0 Å². The Morgan fingerprint density at radius 2 is 1.14 bits per heavy atom. The number of aryl methyl sites for hydroxylation is 3. The van der Waals surface area contributed by atoms with Crippen molar-refractivity contribution in [3.05, 3.63) is 76.9 Å². The highest BCUT2D eigenvalue weighted by Crippen LogP contribution is 2.19. The van der Waals surface area contributed by atoms with Crippen molar-refractivity contribution in [1.82, 2.24) is 0 Å². The summed E-state index contributed by atoms with van der Waals surface area (Å²) in [6, 6.07) is 17.0. The molecule has 0 aliphatic carbocycles. The van der Waals surface area contributed by atoms with Gasteiger partial charge in [0.25, 0.3) is 0 Å². The molecule has 0 spiro atoms. The average Bonchev–Trinajstić information content (AvgIpc) is 2.74. The number of benzene rings is 2. The largest absolute Gasteiger partial charge is 0.207 e. The first-order chi connectivity index (χ1) is 13.7. The Morgan fingerprint density at radius 1 is 0.643 bits per heavy atom. The molecule has 0 bridgehead atoms. The van der Waals surface area contributed by atoms with Crippen LogP contribution in [0.1, 0.15) is 87.5 Å². The molecule has 0 saturated heterocycles. The number of unbranched alkanes of at least 4 members (excludes halogenated alkanes) is 6. The standard InChI is InChI=1S/C27H37F/c1-3-5-7-8-9-10-11-23-13-15-24(16-14-23)17-18-25-19-21-26(22-20-25)27(28)12-6-4-2/h12-16,19-22H,3-11,17-18H2,1-2H3/b27-12+. The molecule has 0 aliphatic heterocycles. The summed E-state index contributed by atoms with van der Waals surface area (Å²) in [6.45, 7) is 4.33. The summed E-state index contributed by atoms with van der Waals surface area (Å²) in [7, 11) is 0. The molecule has 0 radical (unpaired) electrons. The van der Waals surface area contributed by atoms with Gasteiger partial charge in [-0.3, -0.25) is 0 Å². The molecule has 0 aliphatic rings. The highest BCUT2D eigenvalue weighted by Gasteiger charge is 2.02. The van der Waals surface area contributed by atoms with Crippen LogP contribution in [0, 0.1) is 0 Å². The van der Waals surface area contributed by atoms with Crippen molar-refractivity contribution in [3.8, 4) is 0 Å². The second kappa shape index (κ2) is 13.3. The van der Waals surface area contributed by atoms with Gasteiger partial charge in [-0.15, -0.1) is 0 Å². The van der Waals surface area contributed by atoms with Gasteiger partial charge in [-0.25, -0.2) is 4.39 Å². The molecule has 2 rings (SSSR count). The lowest BCUT2D eigenvalue weighted by Crippen LogP contribution is -1.93. The molecule has 0 amide bonds. The summed E-state index contributed by atoms with van der Waals surface area (Å²) in [5.41, 5.74) is 4.79. The minimum absolute atomic E-state index is 0.102. The third-order valence-electron chi connectivity index (χ3n) is 5.39. The van der Waals surface area contributed by atoms with E-state index >= 15 is 0 Å². The summed E-state index contributed by atoms with van der Waals surface area (Å²) in [4.78, 5) is 0. The number of halogens is 1. The zero-order chi connectivity index (χ0) is 20.0. The van der Waals surface area contributed by atoms with Gasteiger partial charge in [-0.1, -0.05) is 101 Å². The molecule has 0 saturated carbocycles. The van der Waals surface area contributed by atoms with Gasteiger partial charge in [-0.2, -0.15) is 0 Å². The first-order valence-corrected chi connectivity index (χ1v) is 11.3.